The minimum absolute atomic E-state index is 0.0971. The zero-order chi connectivity index (χ0) is 20.0. The topological polar surface area (TPSA) is 67.4 Å². The van der Waals surface area contributed by atoms with Crippen LogP contribution < -0.4 is 14.8 Å². The smallest absolute Gasteiger partial charge is 0.214 e. The molecule has 28 heavy (non-hydrogen) atoms. The van der Waals surface area contributed by atoms with Crippen LogP contribution in [0.25, 0.3) is 0 Å². The van der Waals surface area contributed by atoms with E-state index in [0.717, 1.165) is 43.7 Å². The maximum Gasteiger partial charge on any atom is 0.214 e. The molecule has 0 unspecified atom stereocenters. The predicted octanol–water partition coefficient (Wildman–Crippen LogP) is 4.70. The fraction of sp³-hybridized carbons (Fsp3) is 0.727. The standard InChI is InChI=1S/C22H36N2O3S/c1-17(2)28(25,26)24-20-10-8-18(9-11-20)16-23-19-12-14-22(15-13-19)27-21-6-4-3-5-7-21/h12-15,17-18,20-21,23-24H,3-11,16H2,1-2H3/t18-,20-. The molecule has 1 aromatic rings. The van der Waals surface area contributed by atoms with Crippen LogP contribution in [-0.2, 0) is 10.0 Å². The minimum Gasteiger partial charge on any atom is -0.490 e. The number of anilines is 1. The third-order valence-electron chi connectivity index (χ3n) is 6.10. The number of hydrogen-bond donors (Lipinski definition) is 2. The minimum atomic E-state index is -3.16. The molecule has 2 fully saturated rings. The van der Waals surface area contributed by atoms with Crippen molar-refractivity contribution in [3.63, 3.8) is 0 Å². The van der Waals surface area contributed by atoms with Crippen molar-refractivity contribution in [1.82, 2.24) is 4.72 Å². The summed E-state index contributed by atoms with van der Waals surface area (Å²) in [5, 5.41) is 3.17. The third kappa shape index (κ3) is 6.38. The van der Waals surface area contributed by atoms with Gasteiger partial charge in [-0.15, -0.1) is 0 Å². The van der Waals surface area contributed by atoms with E-state index in [4.69, 9.17) is 4.74 Å². The number of ether oxygens (including phenoxy) is 1. The van der Waals surface area contributed by atoms with Gasteiger partial charge < -0.3 is 10.1 Å². The second-order valence-electron chi connectivity index (χ2n) is 8.71. The molecule has 2 N–H and O–H groups in total. The Labute approximate surface area is 170 Å². The van der Waals surface area contributed by atoms with Crippen LogP contribution in [0.1, 0.15) is 71.6 Å². The maximum absolute atomic E-state index is 12.0. The Bertz CT molecular complexity index is 689. The lowest BCUT2D eigenvalue weighted by Crippen LogP contribution is -2.41. The molecule has 0 amide bonds. The molecular weight excluding hydrogens is 372 g/mol. The number of rotatable bonds is 8. The second-order valence-corrected chi connectivity index (χ2v) is 11.0. The Hall–Kier alpha value is -1.27. The molecule has 2 saturated carbocycles. The van der Waals surface area contributed by atoms with E-state index in [9.17, 15) is 8.42 Å². The van der Waals surface area contributed by atoms with Crippen LogP contribution in [0.5, 0.6) is 5.75 Å². The van der Waals surface area contributed by atoms with Gasteiger partial charge in [0.15, 0.2) is 0 Å². The van der Waals surface area contributed by atoms with E-state index < -0.39 is 10.0 Å². The van der Waals surface area contributed by atoms with E-state index in [1.807, 2.05) is 0 Å². The number of nitrogens with one attached hydrogen (secondary N) is 2. The fourth-order valence-electron chi connectivity index (χ4n) is 4.14. The van der Waals surface area contributed by atoms with Crippen LogP contribution in [0, 0.1) is 5.92 Å². The molecule has 2 aliphatic rings. The van der Waals surface area contributed by atoms with Crippen LogP contribution in [0.3, 0.4) is 0 Å². The van der Waals surface area contributed by atoms with E-state index in [-0.39, 0.29) is 11.3 Å². The highest BCUT2D eigenvalue weighted by Gasteiger charge is 2.26. The molecule has 0 spiro atoms. The molecule has 0 saturated heterocycles. The van der Waals surface area contributed by atoms with Gasteiger partial charge in [0.2, 0.25) is 10.0 Å². The first-order valence-electron chi connectivity index (χ1n) is 10.9. The Kier molecular flexibility index (Phi) is 7.63. The third-order valence-corrected chi connectivity index (χ3v) is 8.01. The summed E-state index contributed by atoms with van der Waals surface area (Å²) >= 11 is 0. The maximum atomic E-state index is 12.0. The van der Waals surface area contributed by atoms with Crippen LogP contribution >= 0.6 is 0 Å². The molecule has 6 heteroatoms. The molecule has 5 nitrogen and oxygen atoms in total. The Morgan fingerprint density at radius 1 is 0.964 bits per heavy atom. The van der Waals surface area contributed by atoms with Crippen LogP contribution in [-0.4, -0.2) is 32.4 Å². The van der Waals surface area contributed by atoms with Crippen molar-refractivity contribution in [2.24, 2.45) is 5.92 Å². The summed E-state index contributed by atoms with van der Waals surface area (Å²) in [5.74, 6) is 1.56. The average molecular weight is 409 g/mol. The molecule has 158 valence electrons. The monoisotopic (exact) mass is 408 g/mol. The van der Waals surface area contributed by atoms with Gasteiger partial charge in [-0.1, -0.05) is 6.42 Å². The summed E-state index contributed by atoms with van der Waals surface area (Å²) < 4.78 is 33.0. The van der Waals surface area contributed by atoms with E-state index in [2.05, 4.69) is 34.3 Å². The number of benzene rings is 1. The molecule has 0 atom stereocenters. The van der Waals surface area contributed by atoms with Gasteiger partial charge in [-0.05, 0) is 95.4 Å². The highest BCUT2D eigenvalue weighted by molar-refractivity contribution is 7.90. The van der Waals surface area contributed by atoms with Crippen LogP contribution in [0.15, 0.2) is 24.3 Å². The van der Waals surface area contributed by atoms with Gasteiger partial charge in [0.1, 0.15) is 5.75 Å². The summed E-state index contributed by atoms with van der Waals surface area (Å²) in [6.07, 6.45) is 10.6. The molecule has 3 rings (SSSR count). The summed E-state index contributed by atoms with van der Waals surface area (Å²) in [5.41, 5.74) is 1.12. The van der Waals surface area contributed by atoms with Crippen molar-refractivity contribution >= 4 is 15.7 Å². The zero-order valence-corrected chi connectivity index (χ0v) is 18.1. The average Bonchev–Trinajstić information content (AvgIpc) is 2.69. The summed E-state index contributed by atoms with van der Waals surface area (Å²) in [6, 6.07) is 8.42. The lowest BCUT2D eigenvalue weighted by atomic mass is 9.86. The van der Waals surface area contributed by atoms with Gasteiger partial charge in [-0.2, -0.15) is 0 Å². The zero-order valence-electron chi connectivity index (χ0n) is 17.3. The molecule has 1 aromatic carbocycles. The molecule has 2 aliphatic carbocycles. The number of sulfonamides is 1. The fourth-order valence-corrected chi connectivity index (χ4v) is 5.11. The molecular formula is C22H36N2O3S. The Morgan fingerprint density at radius 2 is 1.61 bits per heavy atom. The Morgan fingerprint density at radius 3 is 2.21 bits per heavy atom. The van der Waals surface area contributed by atoms with Crippen molar-refractivity contribution in [3.05, 3.63) is 24.3 Å². The van der Waals surface area contributed by atoms with E-state index in [1.54, 1.807) is 13.8 Å². The van der Waals surface area contributed by atoms with Gasteiger partial charge in [0.05, 0.1) is 11.4 Å². The predicted molar refractivity (Wildman–Crippen MR) is 115 cm³/mol. The molecule has 0 radical (unpaired) electrons. The van der Waals surface area contributed by atoms with Crippen molar-refractivity contribution in [2.75, 3.05) is 11.9 Å². The van der Waals surface area contributed by atoms with Crippen LogP contribution in [0.4, 0.5) is 5.69 Å². The molecule has 0 aliphatic heterocycles. The van der Waals surface area contributed by atoms with Gasteiger partial charge in [0.25, 0.3) is 0 Å². The lowest BCUT2D eigenvalue weighted by molar-refractivity contribution is 0.155. The quantitative estimate of drug-likeness (QED) is 0.654. The molecule has 0 bridgehead atoms. The summed E-state index contributed by atoms with van der Waals surface area (Å²) in [7, 11) is -3.16. The van der Waals surface area contributed by atoms with Crippen LogP contribution in [0.2, 0.25) is 0 Å². The van der Waals surface area contributed by atoms with Crippen molar-refractivity contribution in [3.8, 4) is 5.75 Å². The van der Waals surface area contributed by atoms with E-state index >= 15 is 0 Å². The summed E-state index contributed by atoms with van der Waals surface area (Å²) in [6.45, 7) is 4.39. The highest BCUT2D eigenvalue weighted by Crippen LogP contribution is 2.27. The van der Waals surface area contributed by atoms with Gasteiger partial charge >= 0.3 is 0 Å². The first kappa shape index (κ1) is 21.4. The second kappa shape index (κ2) is 9.97. The first-order chi connectivity index (χ1) is 13.4. The lowest BCUT2D eigenvalue weighted by Gasteiger charge is -2.29. The normalized spacial score (nSPS) is 24.2. The number of hydrogen-bond acceptors (Lipinski definition) is 4. The van der Waals surface area contributed by atoms with Gasteiger partial charge in [-0.3, -0.25) is 0 Å². The summed E-state index contributed by atoms with van der Waals surface area (Å²) in [4.78, 5) is 0. The van der Waals surface area contributed by atoms with E-state index in [1.165, 1.54) is 32.1 Å². The highest BCUT2D eigenvalue weighted by atomic mass is 32.2. The van der Waals surface area contributed by atoms with E-state index in [0.29, 0.717) is 12.0 Å². The molecule has 0 aromatic heterocycles. The van der Waals surface area contributed by atoms with Crippen molar-refractivity contribution in [1.29, 1.82) is 0 Å². The van der Waals surface area contributed by atoms with Crippen molar-refractivity contribution < 1.29 is 13.2 Å². The van der Waals surface area contributed by atoms with Crippen molar-refractivity contribution in [2.45, 2.75) is 89.0 Å². The molecule has 0 heterocycles. The largest absolute Gasteiger partial charge is 0.490 e. The SMILES string of the molecule is CC(C)S(=O)(=O)N[C@H]1CC[C@H](CNc2ccc(OC3CCCCC3)cc2)CC1. The first-order valence-corrected chi connectivity index (χ1v) is 12.5. The Balaban J connectivity index is 1.38. The van der Waals surface area contributed by atoms with Gasteiger partial charge in [-0.25, -0.2) is 13.1 Å². The van der Waals surface area contributed by atoms with Gasteiger partial charge in [0, 0.05) is 18.3 Å².